The Morgan fingerprint density at radius 2 is 2.08 bits per heavy atom. The Hall–Kier alpha value is -2.73. The quantitative estimate of drug-likeness (QED) is 0.719. The molecule has 6 nitrogen and oxygen atoms in total. The van der Waals surface area contributed by atoms with E-state index >= 15 is 0 Å². The third-order valence-electron chi connectivity index (χ3n) is 3.79. The number of hydrogen-bond acceptors (Lipinski definition) is 3. The van der Waals surface area contributed by atoms with Crippen LogP contribution in [0.4, 0.5) is 10.5 Å². The van der Waals surface area contributed by atoms with Crippen molar-refractivity contribution in [3.05, 3.63) is 70.9 Å². The molecule has 2 heterocycles. The number of carbonyl (C=O) groups is 1. The topological polar surface area (TPSA) is 72.1 Å². The van der Waals surface area contributed by atoms with Crippen molar-refractivity contribution in [2.75, 3.05) is 11.9 Å². The van der Waals surface area contributed by atoms with E-state index in [2.05, 4.69) is 15.7 Å². The van der Waals surface area contributed by atoms with Gasteiger partial charge in [0, 0.05) is 12.2 Å². The highest BCUT2D eigenvalue weighted by molar-refractivity contribution is 6.33. The van der Waals surface area contributed by atoms with Gasteiger partial charge in [0.1, 0.15) is 11.8 Å². The van der Waals surface area contributed by atoms with Gasteiger partial charge in [-0.1, -0.05) is 23.7 Å². The minimum Gasteiger partial charge on any atom is -0.467 e. The lowest BCUT2D eigenvalue weighted by Crippen LogP contribution is -2.35. The fourth-order valence-electron chi connectivity index (χ4n) is 2.67. The lowest BCUT2D eigenvalue weighted by atomic mass is 10.2. The fourth-order valence-corrected chi connectivity index (χ4v) is 2.85. The number of nitrogens with zero attached hydrogens (tertiary/aromatic N) is 2. The predicted octanol–water partition coefficient (Wildman–Crippen LogP) is 4.16. The minimum atomic E-state index is -0.341. The lowest BCUT2D eigenvalue weighted by molar-refractivity contribution is 0.249. The number of amides is 2. The van der Waals surface area contributed by atoms with Crippen LogP contribution in [0, 0.1) is 13.8 Å². The molecule has 2 N–H and O–H groups in total. The van der Waals surface area contributed by atoms with Gasteiger partial charge in [0.2, 0.25) is 0 Å². The van der Waals surface area contributed by atoms with Gasteiger partial charge in [0.05, 0.1) is 22.7 Å². The molecule has 1 unspecified atom stereocenters. The van der Waals surface area contributed by atoms with Gasteiger partial charge in [-0.15, -0.1) is 0 Å². The number of rotatable bonds is 5. The van der Waals surface area contributed by atoms with E-state index in [-0.39, 0.29) is 12.1 Å². The van der Waals surface area contributed by atoms with Crippen LogP contribution in [0.5, 0.6) is 0 Å². The highest BCUT2D eigenvalue weighted by Gasteiger charge is 2.20. The molecule has 3 aromatic rings. The largest absolute Gasteiger partial charge is 0.467 e. The maximum atomic E-state index is 12.2. The monoisotopic (exact) mass is 358 g/mol. The van der Waals surface area contributed by atoms with E-state index in [1.807, 2.05) is 42.8 Å². The van der Waals surface area contributed by atoms with E-state index in [0.29, 0.717) is 17.3 Å². The van der Waals surface area contributed by atoms with Crippen LogP contribution in [0.1, 0.15) is 23.2 Å². The molecule has 0 saturated carbocycles. The molecule has 3 rings (SSSR count). The van der Waals surface area contributed by atoms with Gasteiger partial charge in [-0.2, -0.15) is 5.10 Å². The first kappa shape index (κ1) is 17.1. The number of halogens is 1. The lowest BCUT2D eigenvalue weighted by Gasteiger charge is -2.18. The van der Waals surface area contributed by atoms with Crippen molar-refractivity contribution in [1.82, 2.24) is 15.1 Å². The maximum Gasteiger partial charge on any atom is 0.319 e. The number of carbonyl (C=O) groups excluding carboxylic acids is 1. The Bertz CT molecular complexity index is 858. The summed E-state index contributed by atoms with van der Waals surface area (Å²) < 4.78 is 7.38. The van der Waals surface area contributed by atoms with Gasteiger partial charge in [0.25, 0.3) is 0 Å². The summed E-state index contributed by atoms with van der Waals surface area (Å²) in [6.45, 7) is 4.23. The van der Waals surface area contributed by atoms with Crippen molar-refractivity contribution in [3.8, 4) is 0 Å². The van der Waals surface area contributed by atoms with Crippen molar-refractivity contribution in [1.29, 1.82) is 0 Å². The van der Waals surface area contributed by atoms with Crippen LogP contribution in [-0.2, 0) is 0 Å². The van der Waals surface area contributed by atoms with E-state index in [1.165, 1.54) is 0 Å². The molecule has 0 bridgehead atoms. The molecular formula is C18H19ClN4O2. The molecule has 25 heavy (non-hydrogen) atoms. The van der Waals surface area contributed by atoms with E-state index in [0.717, 1.165) is 17.1 Å². The van der Waals surface area contributed by atoms with Gasteiger partial charge < -0.3 is 15.1 Å². The third kappa shape index (κ3) is 4.03. The van der Waals surface area contributed by atoms with Crippen LogP contribution in [0.2, 0.25) is 5.02 Å². The third-order valence-corrected chi connectivity index (χ3v) is 4.12. The Morgan fingerprint density at radius 1 is 1.28 bits per heavy atom. The first-order chi connectivity index (χ1) is 12.0. The van der Waals surface area contributed by atoms with Gasteiger partial charge in [-0.05, 0) is 44.2 Å². The smallest absolute Gasteiger partial charge is 0.319 e. The molecular weight excluding hydrogens is 340 g/mol. The second-order valence-electron chi connectivity index (χ2n) is 5.72. The zero-order valence-electron chi connectivity index (χ0n) is 14.0. The number of aryl methyl sites for hydroxylation is 2. The summed E-state index contributed by atoms with van der Waals surface area (Å²) >= 11 is 6.06. The number of benzene rings is 1. The first-order valence-electron chi connectivity index (χ1n) is 7.90. The maximum absolute atomic E-state index is 12.2. The highest BCUT2D eigenvalue weighted by Crippen LogP contribution is 2.22. The summed E-state index contributed by atoms with van der Waals surface area (Å²) in [6, 6.07) is 12.2. The SMILES string of the molecule is Cc1cc(C)n(C(CNC(=O)Nc2ccccc2Cl)c2ccco2)n1. The summed E-state index contributed by atoms with van der Waals surface area (Å²) in [4.78, 5) is 12.2. The van der Waals surface area contributed by atoms with E-state index in [1.54, 1.807) is 24.5 Å². The Morgan fingerprint density at radius 3 is 2.72 bits per heavy atom. The molecule has 0 fully saturated rings. The Labute approximate surface area is 150 Å². The molecule has 2 amide bonds. The summed E-state index contributed by atoms with van der Waals surface area (Å²) in [5.41, 5.74) is 2.46. The molecule has 0 aliphatic carbocycles. The molecule has 1 atom stereocenters. The zero-order chi connectivity index (χ0) is 17.8. The van der Waals surface area contributed by atoms with Crippen LogP contribution in [0.15, 0.2) is 53.1 Å². The molecule has 7 heteroatoms. The summed E-state index contributed by atoms with van der Waals surface area (Å²) in [7, 11) is 0. The van der Waals surface area contributed by atoms with Crippen molar-refractivity contribution in [2.24, 2.45) is 0 Å². The average Bonchev–Trinajstić information content (AvgIpc) is 3.20. The number of urea groups is 1. The molecule has 130 valence electrons. The minimum absolute atomic E-state index is 0.235. The van der Waals surface area contributed by atoms with E-state index < -0.39 is 0 Å². The fraction of sp³-hybridized carbons (Fsp3) is 0.222. The van der Waals surface area contributed by atoms with Crippen LogP contribution in [0.25, 0.3) is 0 Å². The predicted molar refractivity (Wildman–Crippen MR) is 97.0 cm³/mol. The molecule has 0 spiro atoms. The van der Waals surface area contributed by atoms with Crippen LogP contribution in [0.3, 0.4) is 0 Å². The second kappa shape index (κ2) is 7.44. The van der Waals surface area contributed by atoms with Crippen molar-refractivity contribution in [2.45, 2.75) is 19.9 Å². The summed E-state index contributed by atoms with van der Waals surface area (Å²) in [5, 5.41) is 10.6. The Kier molecular flexibility index (Phi) is 5.09. The number of hydrogen-bond donors (Lipinski definition) is 2. The van der Waals surface area contributed by atoms with Gasteiger partial charge in [0.15, 0.2) is 0 Å². The molecule has 0 aliphatic rings. The average molecular weight is 359 g/mol. The van der Waals surface area contributed by atoms with Gasteiger partial charge in [-0.3, -0.25) is 4.68 Å². The van der Waals surface area contributed by atoms with Gasteiger partial charge in [-0.25, -0.2) is 4.79 Å². The molecule has 2 aromatic heterocycles. The number of nitrogens with one attached hydrogen (secondary N) is 2. The molecule has 0 radical (unpaired) electrons. The van der Waals surface area contributed by atoms with Crippen LogP contribution in [-0.4, -0.2) is 22.4 Å². The second-order valence-corrected chi connectivity index (χ2v) is 6.12. The first-order valence-corrected chi connectivity index (χ1v) is 8.28. The standard InChI is InChI=1S/C18H19ClN4O2/c1-12-10-13(2)23(22-12)16(17-8-5-9-25-17)11-20-18(24)21-15-7-4-3-6-14(15)19/h3-10,16H,11H2,1-2H3,(H2,20,21,24). The van der Waals surface area contributed by atoms with Crippen LogP contribution >= 0.6 is 11.6 Å². The van der Waals surface area contributed by atoms with Crippen LogP contribution < -0.4 is 10.6 Å². The van der Waals surface area contributed by atoms with Crippen molar-refractivity contribution in [3.63, 3.8) is 0 Å². The van der Waals surface area contributed by atoms with Gasteiger partial charge >= 0.3 is 6.03 Å². The zero-order valence-corrected chi connectivity index (χ0v) is 14.7. The number of para-hydroxylation sites is 1. The van der Waals surface area contributed by atoms with Crippen molar-refractivity contribution < 1.29 is 9.21 Å². The number of anilines is 1. The molecule has 1 aromatic carbocycles. The summed E-state index contributed by atoms with van der Waals surface area (Å²) in [5.74, 6) is 0.726. The number of furan rings is 1. The molecule has 0 aliphatic heterocycles. The normalized spacial score (nSPS) is 12.0. The molecule has 0 saturated heterocycles. The Balaban J connectivity index is 1.72. The summed E-state index contributed by atoms with van der Waals surface area (Å²) in [6.07, 6.45) is 1.61. The van der Waals surface area contributed by atoms with E-state index in [4.69, 9.17) is 16.0 Å². The van der Waals surface area contributed by atoms with Crippen molar-refractivity contribution >= 4 is 23.3 Å². The number of aromatic nitrogens is 2. The van der Waals surface area contributed by atoms with E-state index in [9.17, 15) is 4.79 Å². The highest BCUT2D eigenvalue weighted by atomic mass is 35.5.